The number of oxime groups is 1. The van der Waals surface area contributed by atoms with E-state index in [0.29, 0.717) is 11.3 Å². The molecule has 0 saturated carbocycles. The van der Waals surface area contributed by atoms with Gasteiger partial charge in [-0.3, -0.25) is 4.72 Å². The van der Waals surface area contributed by atoms with Gasteiger partial charge in [0, 0.05) is 12.6 Å². The number of sulfonamides is 1. The van der Waals surface area contributed by atoms with Crippen LogP contribution in [0.4, 0.5) is 5.69 Å². The number of hydrogen-bond acceptors (Lipinski definition) is 6. The van der Waals surface area contributed by atoms with Gasteiger partial charge < -0.3 is 5.21 Å². The van der Waals surface area contributed by atoms with Crippen LogP contribution in [0.3, 0.4) is 0 Å². The lowest BCUT2D eigenvalue weighted by atomic mass is 10.1. The number of benzene rings is 1. The third kappa shape index (κ3) is 3.05. The smallest absolute Gasteiger partial charge is 0.281 e. The van der Waals surface area contributed by atoms with Crippen molar-refractivity contribution in [2.45, 2.75) is 11.9 Å². The molecule has 0 saturated heterocycles. The molecule has 1 aromatic carbocycles. The lowest BCUT2D eigenvalue weighted by molar-refractivity contribution is 0.319. The molecule has 0 spiro atoms. The van der Waals surface area contributed by atoms with Crippen LogP contribution >= 0.6 is 15.9 Å². The molecule has 0 aliphatic heterocycles. The molecule has 112 valence electrons. The maximum absolute atomic E-state index is 12.4. The van der Waals surface area contributed by atoms with E-state index < -0.39 is 10.0 Å². The Morgan fingerprint density at radius 3 is 2.67 bits per heavy atom. The minimum atomic E-state index is -3.89. The molecule has 1 aromatic heterocycles. The molecule has 10 heteroatoms. The van der Waals surface area contributed by atoms with Gasteiger partial charge >= 0.3 is 0 Å². The first kappa shape index (κ1) is 15.4. The van der Waals surface area contributed by atoms with Gasteiger partial charge in [0.25, 0.3) is 10.0 Å². The lowest BCUT2D eigenvalue weighted by Gasteiger charge is -2.11. The number of hydrogen-bond donors (Lipinski definition) is 2. The Morgan fingerprint density at radius 1 is 1.43 bits per heavy atom. The van der Waals surface area contributed by atoms with Crippen LogP contribution in [0.25, 0.3) is 0 Å². The topological polar surface area (TPSA) is 109 Å². The molecular formula is C11H12BrN5O3S. The van der Waals surface area contributed by atoms with E-state index in [9.17, 15) is 8.42 Å². The number of nitrogens with zero attached hydrogens (tertiary/aromatic N) is 4. The highest BCUT2D eigenvalue weighted by Gasteiger charge is 2.25. The fraction of sp³-hybridized carbons (Fsp3) is 0.182. The average molecular weight is 374 g/mol. The second-order valence-electron chi connectivity index (χ2n) is 4.15. The Hall–Kier alpha value is -1.94. The first-order valence-corrected chi connectivity index (χ1v) is 8.00. The van der Waals surface area contributed by atoms with Gasteiger partial charge in [-0.05, 0) is 28.9 Å². The van der Waals surface area contributed by atoms with Gasteiger partial charge in [0.1, 0.15) is 0 Å². The number of halogens is 1. The van der Waals surface area contributed by atoms with E-state index in [1.165, 1.54) is 7.05 Å². The predicted molar refractivity (Wildman–Crippen MR) is 80.0 cm³/mol. The molecule has 0 bridgehead atoms. The van der Waals surface area contributed by atoms with Crippen molar-refractivity contribution in [2.75, 3.05) is 4.72 Å². The Morgan fingerprint density at radius 2 is 2.10 bits per heavy atom. The van der Waals surface area contributed by atoms with E-state index in [4.69, 9.17) is 5.21 Å². The Bertz CT molecular complexity index is 780. The van der Waals surface area contributed by atoms with Gasteiger partial charge in [-0.2, -0.15) is 8.42 Å². The van der Waals surface area contributed by atoms with E-state index in [2.05, 4.69) is 36.1 Å². The Kier molecular flexibility index (Phi) is 4.28. The second kappa shape index (κ2) is 5.82. The highest BCUT2D eigenvalue weighted by Crippen LogP contribution is 2.23. The molecule has 0 unspecified atom stereocenters. The van der Waals surface area contributed by atoms with E-state index in [1.54, 1.807) is 31.2 Å². The fourth-order valence-electron chi connectivity index (χ4n) is 1.74. The summed E-state index contributed by atoms with van der Waals surface area (Å²) in [6, 6.07) is 6.59. The second-order valence-corrected chi connectivity index (χ2v) is 6.49. The van der Waals surface area contributed by atoms with Crippen LogP contribution in [-0.2, 0) is 17.1 Å². The summed E-state index contributed by atoms with van der Waals surface area (Å²) in [6.45, 7) is 1.56. The molecular weight excluding hydrogens is 362 g/mol. The number of anilines is 1. The highest BCUT2D eigenvalue weighted by molar-refractivity contribution is 9.10. The normalized spacial score (nSPS) is 12.4. The molecule has 0 fully saturated rings. The molecule has 21 heavy (non-hydrogen) atoms. The van der Waals surface area contributed by atoms with Crippen LogP contribution in [0.2, 0.25) is 0 Å². The third-order valence-electron chi connectivity index (χ3n) is 2.70. The van der Waals surface area contributed by atoms with Crippen LogP contribution in [0.1, 0.15) is 12.5 Å². The average Bonchev–Trinajstić information content (AvgIpc) is 2.78. The maximum Gasteiger partial charge on any atom is 0.281 e. The number of para-hydroxylation sites is 1. The summed E-state index contributed by atoms with van der Waals surface area (Å²) in [5, 5.41) is 19.1. The molecule has 1 heterocycles. The number of aromatic nitrogens is 3. The minimum Gasteiger partial charge on any atom is -0.411 e. The molecule has 2 aromatic rings. The zero-order valence-electron chi connectivity index (χ0n) is 11.1. The highest BCUT2D eigenvalue weighted by atomic mass is 79.9. The minimum absolute atomic E-state index is 0.101. The van der Waals surface area contributed by atoms with Crippen molar-refractivity contribution in [1.82, 2.24) is 15.0 Å². The summed E-state index contributed by atoms with van der Waals surface area (Å²) < 4.78 is 28.5. The SMILES string of the molecule is C/C(=N/O)c1ccccc1NS(=O)(=O)c1c(Br)nnn1C. The van der Waals surface area contributed by atoms with Crippen LogP contribution in [-0.4, -0.2) is 34.3 Å². The van der Waals surface area contributed by atoms with Crippen molar-refractivity contribution in [3.8, 4) is 0 Å². The van der Waals surface area contributed by atoms with Crippen molar-refractivity contribution in [3.63, 3.8) is 0 Å². The maximum atomic E-state index is 12.4. The van der Waals surface area contributed by atoms with Gasteiger partial charge in [0.15, 0.2) is 4.60 Å². The van der Waals surface area contributed by atoms with E-state index in [-0.39, 0.29) is 15.3 Å². The fourth-order valence-corrected chi connectivity index (χ4v) is 3.92. The Balaban J connectivity index is 2.48. The predicted octanol–water partition coefficient (Wildman–Crippen LogP) is 1.58. The van der Waals surface area contributed by atoms with Gasteiger partial charge in [0.05, 0.1) is 11.4 Å². The molecule has 2 N–H and O–H groups in total. The summed E-state index contributed by atoms with van der Waals surface area (Å²) in [5.41, 5.74) is 1.05. The zero-order valence-corrected chi connectivity index (χ0v) is 13.6. The molecule has 0 radical (unpaired) electrons. The van der Waals surface area contributed by atoms with Gasteiger partial charge in [-0.1, -0.05) is 28.6 Å². The molecule has 8 nitrogen and oxygen atoms in total. The molecule has 0 amide bonds. The summed E-state index contributed by atoms with van der Waals surface area (Å²) in [7, 11) is -2.42. The third-order valence-corrected chi connectivity index (χ3v) is 4.95. The lowest BCUT2D eigenvalue weighted by Crippen LogP contribution is -2.18. The Labute approximate surface area is 129 Å². The quantitative estimate of drug-likeness (QED) is 0.480. The molecule has 0 aliphatic rings. The first-order valence-electron chi connectivity index (χ1n) is 5.73. The van der Waals surface area contributed by atoms with Crippen molar-refractivity contribution in [2.24, 2.45) is 12.2 Å². The number of rotatable bonds is 4. The standard InChI is InChI=1S/C11H12BrN5O3S/c1-7(14-18)8-5-3-4-6-9(8)15-21(19,20)11-10(12)13-16-17(11)2/h3-6,15,18H,1-2H3/b14-7-. The van der Waals surface area contributed by atoms with Crippen LogP contribution in [0.5, 0.6) is 0 Å². The van der Waals surface area contributed by atoms with E-state index in [0.717, 1.165) is 4.68 Å². The van der Waals surface area contributed by atoms with E-state index >= 15 is 0 Å². The number of nitrogens with one attached hydrogen (secondary N) is 1. The largest absolute Gasteiger partial charge is 0.411 e. The van der Waals surface area contributed by atoms with Crippen LogP contribution in [0, 0.1) is 0 Å². The summed E-state index contributed by atoms with van der Waals surface area (Å²) in [6.07, 6.45) is 0. The summed E-state index contributed by atoms with van der Waals surface area (Å²) >= 11 is 3.05. The van der Waals surface area contributed by atoms with Crippen LogP contribution < -0.4 is 4.72 Å². The van der Waals surface area contributed by atoms with Gasteiger partial charge in [-0.15, -0.1) is 5.10 Å². The van der Waals surface area contributed by atoms with Gasteiger partial charge in [-0.25, -0.2) is 4.68 Å². The zero-order chi connectivity index (χ0) is 15.6. The van der Waals surface area contributed by atoms with Crippen molar-refractivity contribution in [1.29, 1.82) is 0 Å². The van der Waals surface area contributed by atoms with Crippen molar-refractivity contribution >= 4 is 37.4 Å². The summed E-state index contributed by atoms with van der Waals surface area (Å²) in [4.78, 5) is 0. The molecule has 0 aliphatic carbocycles. The van der Waals surface area contributed by atoms with Crippen molar-refractivity contribution in [3.05, 3.63) is 34.4 Å². The van der Waals surface area contributed by atoms with Gasteiger partial charge in [0.2, 0.25) is 5.03 Å². The monoisotopic (exact) mass is 373 g/mol. The number of aryl methyl sites for hydroxylation is 1. The first-order chi connectivity index (χ1) is 9.86. The molecule has 2 rings (SSSR count). The summed E-state index contributed by atoms with van der Waals surface area (Å²) in [5.74, 6) is 0. The van der Waals surface area contributed by atoms with Crippen molar-refractivity contribution < 1.29 is 13.6 Å². The van der Waals surface area contributed by atoms with Crippen LogP contribution in [0.15, 0.2) is 39.1 Å². The van der Waals surface area contributed by atoms with E-state index in [1.807, 2.05) is 0 Å². The molecule has 0 atom stereocenters.